The first-order chi connectivity index (χ1) is 12.5. The highest BCUT2D eigenvalue weighted by molar-refractivity contribution is 5.94. The lowest BCUT2D eigenvalue weighted by Gasteiger charge is -2.36. The minimum atomic E-state index is -0.566. The van der Waals surface area contributed by atoms with Crippen LogP contribution in [-0.2, 0) is 4.79 Å². The van der Waals surface area contributed by atoms with Crippen molar-refractivity contribution in [3.63, 3.8) is 0 Å². The van der Waals surface area contributed by atoms with Crippen LogP contribution in [-0.4, -0.2) is 43.0 Å². The maximum absolute atomic E-state index is 13.6. The van der Waals surface area contributed by atoms with Crippen molar-refractivity contribution in [1.82, 2.24) is 10.2 Å². The van der Waals surface area contributed by atoms with E-state index in [4.69, 9.17) is 10.5 Å². The molecule has 2 amide bonds. The van der Waals surface area contributed by atoms with E-state index in [0.29, 0.717) is 30.9 Å². The third kappa shape index (κ3) is 4.18. The Labute approximate surface area is 150 Å². The van der Waals surface area contributed by atoms with Crippen LogP contribution in [0.15, 0.2) is 48.5 Å². The van der Waals surface area contributed by atoms with Crippen molar-refractivity contribution < 1.29 is 18.7 Å². The van der Waals surface area contributed by atoms with Gasteiger partial charge in [0.05, 0.1) is 6.04 Å². The summed E-state index contributed by atoms with van der Waals surface area (Å²) in [6, 6.07) is 12.6. The topological polar surface area (TPSA) is 84.7 Å². The number of hydrogen-bond donors (Lipinski definition) is 2. The maximum atomic E-state index is 13.6. The van der Waals surface area contributed by atoms with Crippen LogP contribution < -0.4 is 15.8 Å². The van der Waals surface area contributed by atoms with Crippen molar-refractivity contribution in [3.8, 4) is 5.75 Å². The predicted molar refractivity (Wildman–Crippen MR) is 94.2 cm³/mol. The van der Waals surface area contributed by atoms with E-state index in [0.717, 1.165) is 5.56 Å². The van der Waals surface area contributed by atoms with Gasteiger partial charge in [-0.25, -0.2) is 4.39 Å². The fourth-order valence-corrected chi connectivity index (χ4v) is 2.97. The fourth-order valence-electron chi connectivity index (χ4n) is 2.97. The van der Waals surface area contributed by atoms with Gasteiger partial charge in [0.1, 0.15) is 11.6 Å². The van der Waals surface area contributed by atoms with Gasteiger partial charge in [0.2, 0.25) is 0 Å². The molecular formula is C19H20FN3O3. The lowest BCUT2D eigenvalue weighted by molar-refractivity contribution is -0.119. The first kappa shape index (κ1) is 17.9. The Morgan fingerprint density at radius 3 is 2.69 bits per heavy atom. The molecule has 3 N–H and O–H groups in total. The summed E-state index contributed by atoms with van der Waals surface area (Å²) in [5, 5.41) is 3.25. The lowest BCUT2D eigenvalue weighted by atomic mass is 10.0. The summed E-state index contributed by atoms with van der Waals surface area (Å²) in [5.41, 5.74) is 6.30. The number of nitrogens with one attached hydrogen (secondary N) is 1. The van der Waals surface area contributed by atoms with Gasteiger partial charge in [0.25, 0.3) is 11.8 Å². The van der Waals surface area contributed by atoms with Gasteiger partial charge in [0.15, 0.2) is 6.61 Å². The molecule has 0 radical (unpaired) electrons. The second-order valence-electron chi connectivity index (χ2n) is 6.05. The van der Waals surface area contributed by atoms with E-state index in [-0.39, 0.29) is 24.4 Å². The van der Waals surface area contributed by atoms with E-state index in [9.17, 15) is 14.0 Å². The number of halogens is 1. The molecule has 26 heavy (non-hydrogen) atoms. The molecule has 1 saturated heterocycles. The summed E-state index contributed by atoms with van der Waals surface area (Å²) in [6.07, 6.45) is 0. The molecule has 6 nitrogen and oxygen atoms in total. The number of ether oxygens (including phenoxy) is 1. The quantitative estimate of drug-likeness (QED) is 0.849. The van der Waals surface area contributed by atoms with Crippen LogP contribution >= 0.6 is 0 Å². The smallest absolute Gasteiger partial charge is 0.255 e. The molecule has 1 heterocycles. The van der Waals surface area contributed by atoms with Crippen molar-refractivity contribution >= 4 is 11.8 Å². The van der Waals surface area contributed by atoms with Crippen LogP contribution in [0.4, 0.5) is 4.39 Å². The zero-order chi connectivity index (χ0) is 18.5. The molecule has 2 aromatic carbocycles. The molecule has 1 atom stereocenters. The minimum Gasteiger partial charge on any atom is -0.484 e. The number of carbonyl (C=O) groups excluding carboxylic acids is 2. The molecule has 0 aliphatic carbocycles. The monoisotopic (exact) mass is 357 g/mol. The third-order valence-electron chi connectivity index (χ3n) is 4.22. The van der Waals surface area contributed by atoms with Crippen LogP contribution in [0.3, 0.4) is 0 Å². The Balaban J connectivity index is 1.77. The van der Waals surface area contributed by atoms with E-state index in [1.54, 1.807) is 35.2 Å². The molecule has 3 rings (SSSR count). The van der Waals surface area contributed by atoms with Gasteiger partial charge in [-0.1, -0.05) is 12.1 Å². The summed E-state index contributed by atoms with van der Waals surface area (Å²) in [4.78, 5) is 25.4. The Morgan fingerprint density at radius 1 is 1.23 bits per heavy atom. The number of benzene rings is 2. The molecule has 0 saturated carbocycles. The number of nitrogens with zero attached hydrogens (tertiary/aromatic N) is 1. The van der Waals surface area contributed by atoms with Crippen molar-refractivity contribution in [2.24, 2.45) is 5.73 Å². The summed E-state index contributed by atoms with van der Waals surface area (Å²) >= 11 is 0. The van der Waals surface area contributed by atoms with Crippen molar-refractivity contribution in [2.75, 3.05) is 26.2 Å². The average molecular weight is 357 g/mol. The lowest BCUT2D eigenvalue weighted by Crippen LogP contribution is -2.48. The Morgan fingerprint density at radius 2 is 2.00 bits per heavy atom. The minimum absolute atomic E-state index is 0.137. The summed E-state index contributed by atoms with van der Waals surface area (Å²) in [7, 11) is 0. The first-order valence-electron chi connectivity index (χ1n) is 8.33. The largest absolute Gasteiger partial charge is 0.484 e. The van der Waals surface area contributed by atoms with E-state index >= 15 is 0 Å². The molecular weight excluding hydrogens is 337 g/mol. The van der Waals surface area contributed by atoms with Gasteiger partial charge in [-0.15, -0.1) is 0 Å². The van der Waals surface area contributed by atoms with Crippen LogP contribution in [0.1, 0.15) is 22.0 Å². The highest BCUT2D eigenvalue weighted by Gasteiger charge is 2.28. The van der Waals surface area contributed by atoms with Crippen molar-refractivity contribution in [3.05, 3.63) is 65.5 Å². The molecule has 136 valence electrons. The number of nitrogens with two attached hydrogens (primary N) is 1. The standard InChI is InChI=1S/C19H20FN3O3/c20-15-3-1-2-14(10-15)17-11-22-8-9-23(17)19(25)13-4-6-16(7-5-13)26-12-18(21)24/h1-7,10,17,22H,8-9,11-12H2,(H2,21,24). The number of rotatable bonds is 5. The van der Waals surface area contributed by atoms with Crippen molar-refractivity contribution in [2.45, 2.75) is 6.04 Å². The van der Waals surface area contributed by atoms with Crippen LogP contribution in [0.25, 0.3) is 0 Å². The molecule has 0 spiro atoms. The molecule has 0 aromatic heterocycles. The van der Waals surface area contributed by atoms with Crippen LogP contribution in [0, 0.1) is 5.82 Å². The first-order valence-corrected chi connectivity index (χ1v) is 8.33. The second kappa shape index (κ2) is 7.97. The number of primary amides is 1. The Hall–Kier alpha value is -2.93. The van der Waals surface area contributed by atoms with E-state index in [1.807, 2.05) is 6.07 Å². The molecule has 1 aliphatic rings. The average Bonchev–Trinajstić information content (AvgIpc) is 2.66. The highest BCUT2D eigenvalue weighted by atomic mass is 19.1. The third-order valence-corrected chi connectivity index (χ3v) is 4.22. The summed E-state index contributed by atoms with van der Waals surface area (Å²) in [5.74, 6) is -0.565. The maximum Gasteiger partial charge on any atom is 0.255 e. The number of carbonyl (C=O) groups is 2. The Bertz CT molecular complexity index is 795. The van der Waals surface area contributed by atoms with Gasteiger partial charge in [-0.05, 0) is 42.0 Å². The summed E-state index contributed by atoms with van der Waals surface area (Å²) in [6.45, 7) is 1.55. The molecule has 7 heteroatoms. The van der Waals surface area contributed by atoms with Gasteiger partial charge in [-0.2, -0.15) is 0 Å². The van der Waals surface area contributed by atoms with Crippen LogP contribution in [0.5, 0.6) is 5.75 Å². The van der Waals surface area contributed by atoms with Crippen LogP contribution in [0.2, 0.25) is 0 Å². The molecule has 0 bridgehead atoms. The Kier molecular flexibility index (Phi) is 5.48. The van der Waals surface area contributed by atoms with E-state index in [1.165, 1.54) is 12.1 Å². The zero-order valence-corrected chi connectivity index (χ0v) is 14.2. The van der Waals surface area contributed by atoms with Crippen molar-refractivity contribution in [1.29, 1.82) is 0 Å². The van der Waals surface area contributed by atoms with Gasteiger partial charge in [-0.3, -0.25) is 9.59 Å². The molecule has 1 aliphatic heterocycles. The number of amides is 2. The number of piperazine rings is 1. The fraction of sp³-hybridized carbons (Fsp3) is 0.263. The second-order valence-corrected chi connectivity index (χ2v) is 6.05. The van der Waals surface area contributed by atoms with Gasteiger partial charge in [0, 0.05) is 25.2 Å². The normalized spacial score (nSPS) is 17.0. The van der Waals surface area contributed by atoms with E-state index < -0.39 is 5.91 Å². The molecule has 1 fully saturated rings. The SMILES string of the molecule is NC(=O)COc1ccc(C(=O)N2CCNCC2c2cccc(F)c2)cc1. The summed E-state index contributed by atoms with van der Waals surface area (Å²) < 4.78 is 18.8. The molecule has 1 unspecified atom stereocenters. The van der Waals surface area contributed by atoms with Gasteiger partial charge < -0.3 is 20.7 Å². The van der Waals surface area contributed by atoms with E-state index in [2.05, 4.69) is 5.32 Å². The zero-order valence-electron chi connectivity index (χ0n) is 14.2. The predicted octanol–water partition coefficient (Wildman–Crippen LogP) is 1.48. The highest BCUT2D eigenvalue weighted by Crippen LogP contribution is 2.25. The molecule has 2 aromatic rings. The van der Waals surface area contributed by atoms with Gasteiger partial charge >= 0.3 is 0 Å². The number of hydrogen-bond acceptors (Lipinski definition) is 4.